The van der Waals surface area contributed by atoms with Gasteiger partial charge in [-0.05, 0) is 6.92 Å². The number of nitriles is 1. The predicted molar refractivity (Wildman–Crippen MR) is 40.8 cm³/mol. The van der Waals surface area contributed by atoms with Crippen molar-refractivity contribution in [1.29, 1.82) is 5.26 Å². The van der Waals surface area contributed by atoms with Gasteiger partial charge >= 0.3 is 0 Å². The lowest BCUT2D eigenvalue weighted by molar-refractivity contribution is 0.244. The maximum Gasteiger partial charge on any atom is 0.195 e. The van der Waals surface area contributed by atoms with Crippen molar-refractivity contribution in [2.45, 2.75) is 11.8 Å². The summed E-state index contributed by atoms with van der Waals surface area (Å²) in [4.78, 5) is -0.679. The Labute approximate surface area is 70.0 Å². The van der Waals surface area contributed by atoms with Gasteiger partial charge in [-0.15, -0.1) is 23.2 Å². The number of alkyl halides is 2. The third-order valence-corrected chi connectivity index (χ3v) is 0.939. The molecule has 0 saturated carbocycles. The van der Waals surface area contributed by atoms with E-state index in [1.807, 2.05) is 0 Å². The standard InChI is InChI=1S/C6H7Cl2NO/c1-2-10-5(4-9)3-6(7)8/h3,6H,2H2,1H3/b5-3+. The fraction of sp³-hybridized carbons (Fsp3) is 0.500. The zero-order valence-electron chi connectivity index (χ0n) is 5.47. The summed E-state index contributed by atoms with van der Waals surface area (Å²) in [5.74, 6) is 0.164. The summed E-state index contributed by atoms with van der Waals surface area (Å²) >= 11 is 10.7. The van der Waals surface area contributed by atoms with Crippen molar-refractivity contribution in [3.8, 4) is 6.07 Å². The first-order valence-corrected chi connectivity index (χ1v) is 3.60. The first-order valence-electron chi connectivity index (χ1n) is 2.73. The van der Waals surface area contributed by atoms with Crippen molar-refractivity contribution in [3.05, 3.63) is 11.8 Å². The third kappa shape index (κ3) is 4.49. The maximum atomic E-state index is 8.35. The molecule has 0 spiro atoms. The van der Waals surface area contributed by atoms with E-state index >= 15 is 0 Å². The number of hydrogen-bond acceptors (Lipinski definition) is 2. The summed E-state index contributed by atoms with van der Waals surface area (Å²) in [7, 11) is 0. The second-order valence-electron chi connectivity index (χ2n) is 1.41. The van der Waals surface area contributed by atoms with Crippen molar-refractivity contribution in [2.75, 3.05) is 6.61 Å². The Kier molecular flexibility index (Phi) is 5.19. The molecule has 4 heteroatoms. The molecule has 0 aliphatic heterocycles. The number of ether oxygens (including phenoxy) is 1. The van der Waals surface area contributed by atoms with E-state index < -0.39 is 4.84 Å². The Morgan fingerprint density at radius 1 is 1.80 bits per heavy atom. The van der Waals surface area contributed by atoms with Gasteiger partial charge in [-0.1, -0.05) is 0 Å². The van der Waals surface area contributed by atoms with Gasteiger partial charge < -0.3 is 4.74 Å². The van der Waals surface area contributed by atoms with Crippen LogP contribution in [0, 0.1) is 11.3 Å². The molecule has 0 heterocycles. The molecule has 0 aliphatic carbocycles. The Bertz CT molecular complexity index is 160. The minimum Gasteiger partial charge on any atom is -0.484 e. The fourth-order valence-electron chi connectivity index (χ4n) is 0.388. The topological polar surface area (TPSA) is 33.0 Å². The van der Waals surface area contributed by atoms with Crippen LogP contribution in [0.3, 0.4) is 0 Å². The van der Waals surface area contributed by atoms with Gasteiger partial charge in [-0.25, -0.2) is 0 Å². The Morgan fingerprint density at radius 3 is 2.70 bits per heavy atom. The Hall–Kier alpha value is -0.390. The largest absolute Gasteiger partial charge is 0.484 e. The molecular formula is C6H7Cl2NO. The highest BCUT2D eigenvalue weighted by molar-refractivity contribution is 6.45. The molecule has 0 bridgehead atoms. The summed E-state index contributed by atoms with van der Waals surface area (Å²) in [6.45, 7) is 2.22. The number of nitrogens with zero attached hydrogens (tertiary/aromatic N) is 1. The lowest BCUT2D eigenvalue weighted by Gasteiger charge is -1.98. The first kappa shape index (κ1) is 9.61. The molecule has 0 rings (SSSR count). The molecule has 0 saturated heterocycles. The van der Waals surface area contributed by atoms with Crippen molar-refractivity contribution in [3.63, 3.8) is 0 Å². The zero-order valence-corrected chi connectivity index (χ0v) is 6.99. The average Bonchev–Trinajstić information content (AvgIpc) is 1.86. The van der Waals surface area contributed by atoms with Crippen molar-refractivity contribution in [1.82, 2.24) is 0 Å². The summed E-state index contributed by atoms with van der Waals surface area (Å²) in [6.07, 6.45) is 1.34. The molecule has 0 N–H and O–H groups in total. The van der Waals surface area contributed by atoms with Crippen LogP contribution in [0.4, 0.5) is 0 Å². The molecule has 56 valence electrons. The summed E-state index contributed by atoms with van der Waals surface area (Å²) in [5, 5.41) is 8.35. The van der Waals surface area contributed by atoms with E-state index in [9.17, 15) is 0 Å². The minimum absolute atomic E-state index is 0.164. The molecule has 0 amide bonds. The number of rotatable bonds is 3. The second-order valence-corrected chi connectivity index (χ2v) is 2.57. The number of halogens is 2. The van der Waals surface area contributed by atoms with E-state index in [1.165, 1.54) is 6.08 Å². The minimum atomic E-state index is -0.679. The van der Waals surface area contributed by atoms with Gasteiger partial charge in [0.15, 0.2) is 5.76 Å². The summed E-state index contributed by atoms with van der Waals surface area (Å²) in [5.41, 5.74) is 0. The van der Waals surface area contributed by atoms with Gasteiger partial charge in [0, 0.05) is 6.08 Å². The normalized spacial score (nSPS) is 11.3. The average molecular weight is 180 g/mol. The highest BCUT2D eigenvalue weighted by Gasteiger charge is 1.98. The molecule has 0 aromatic rings. The monoisotopic (exact) mass is 179 g/mol. The van der Waals surface area contributed by atoms with E-state index in [4.69, 9.17) is 33.2 Å². The molecule has 0 aromatic carbocycles. The highest BCUT2D eigenvalue weighted by atomic mass is 35.5. The Morgan fingerprint density at radius 2 is 2.40 bits per heavy atom. The van der Waals surface area contributed by atoms with E-state index in [0.29, 0.717) is 6.61 Å². The van der Waals surface area contributed by atoms with Gasteiger partial charge in [-0.2, -0.15) is 5.26 Å². The molecule has 0 fully saturated rings. The zero-order chi connectivity index (χ0) is 7.98. The molecule has 0 atom stereocenters. The quantitative estimate of drug-likeness (QED) is 0.379. The third-order valence-electron chi connectivity index (χ3n) is 0.687. The van der Waals surface area contributed by atoms with E-state index in [1.54, 1.807) is 13.0 Å². The molecule has 10 heavy (non-hydrogen) atoms. The molecule has 0 unspecified atom stereocenters. The van der Waals surface area contributed by atoms with E-state index in [-0.39, 0.29) is 5.76 Å². The SMILES string of the molecule is CCO/C(C#N)=C/C(Cl)Cl. The molecule has 0 aromatic heterocycles. The second kappa shape index (κ2) is 5.40. The fourth-order valence-corrected chi connectivity index (χ4v) is 0.616. The smallest absolute Gasteiger partial charge is 0.195 e. The lowest BCUT2D eigenvalue weighted by Crippen LogP contribution is -1.91. The molecule has 0 aliphatic rings. The van der Waals surface area contributed by atoms with Gasteiger partial charge in [-0.3, -0.25) is 0 Å². The van der Waals surface area contributed by atoms with Crippen molar-refractivity contribution < 1.29 is 4.74 Å². The van der Waals surface area contributed by atoms with Crippen LogP contribution in [0.2, 0.25) is 0 Å². The van der Waals surface area contributed by atoms with Crippen LogP contribution in [-0.4, -0.2) is 11.4 Å². The van der Waals surface area contributed by atoms with Gasteiger partial charge in [0.1, 0.15) is 10.9 Å². The van der Waals surface area contributed by atoms with Gasteiger partial charge in [0.25, 0.3) is 0 Å². The van der Waals surface area contributed by atoms with Gasteiger partial charge in [0.05, 0.1) is 6.61 Å². The highest BCUT2D eigenvalue weighted by Crippen LogP contribution is 2.07. The molecule has 0 radical (unpaired) electrons. The van der Waals surface area contributed by atoms with Crippen LogP contribution in [-0.2, 0) is 4.74 Å². The predicted octanol–water partition coefficient (Wildman–Crippen LogP) is 2.23. The molecule has 2 nitrogen and oxygen atoms in total. The van der Waals surface area contributed by atoms with Crippen LogP contribution in [0.15, 0.2) is 11.8 Å². The van der Waals surface area contributed by atoms with Crippen molar-refractivity contribution in [2.24, 2.45) is 0 Å². The van der Waals surface area contributed by atoms with Crippen LogP contribution in [0.25, 0.3) is 0 Å². The van der Waals surface area contributed by atoms with Crippen LogP contribution >= 0.6 is 23.2 Å². The summed E-state index contributed by atoms with van der Waals surface area (Å²) < 4.78 is 4.83. The first-order chi connectivity index (χ1) is 4.70. The van der Waals surface area contributed by atoms with Crippen LogP contribution in [0.5, 0.6) is 0 Å². The van der Waals surface area contributed by atoms with E-state index in [2.05, 4.69) is 0 Å². The maximum absolute atomic E-state index is 8.35. The number of hydrogen-bond donors (Lipinski definition) is 0. The summed E-state index contributed by atoms with van der Waals surface area (Å²) in [6, 6.07) is 1.80. The van der Waals surface area contributed by atoms with E-state index in [0.717, 1.165) is 0 Å². The Balaban J connectivity index is 3.95. The van der Waals surface area contributed by atoms with Crippen molar-refractivity contribution >= 4 is 23.2 Å². The van der Waals surface area contributed by atoms with Crippen LogP contribution < -0.4 is 0 Å². The van der Waals surface area contributed by atoms with Crippen LogP contribution in [0.1, 0.15) is 6.92 Å². The van der Waals surface area contributed by atoms with Gasteiger partial charge in [0.2, 0.25) is 0 Å². The number of allylic oxidation sites excluding steroid dienone is 2. The lowest BCUT2D eigenvalue weighted by atomic mass is 10.5. The molecular weight excluding hydrogens is 173 g/mol.